The second-order valence-electron chi connectivity index (χ2n) is 3.31. The third-order valence-corrected chi connectivity index (χ3v) is 2.51. The minimum absolute atomic E-state index is 0.0436. The number of alkyl halides is 2. The molecule has 1 aromatic rings. The number of thioether (sulfide) groups is 1. The van der Waals surface area contributed by atoms with Crippen LogP contribution in [0.5, 0.6) is 11.5 Å². The van der Waals surface area contributed by atoms with Gasteiger partial charge in [0.15, 0.2) is 11.5 Å². The molecule has 1 aliphatic rings. The summed E-state index contributed by atoms with van der Waals surface area (Å²) in [5.41, 5.74) is 0.393. The van der Waals surface area contributed by atoms with E-state index in [4.69, 9.17) is 0 Å². The molecule has 0 saturated carbocycles. The van der Waals surface area contributed by atoms with E-state index in [2.05, 4.69) is 14.8 Å². The summed E-state index contributed by atoms with van der Waals surface area (Å²) in [5.74, 6) is -0.0390. The zero-order valence-corrected chi connectivity index (χ0v) is 9.64. The van der Waals surface area contributed by atoms with Gasteiger partial charge in [-0.2, -0.15) is 11.8 Å². The van der Waals surface area contributed by atoms with Crippen LogP contribution in [-0.2, 0) is 4.79 Å². The van der Waals surface area contributed by atoms with E-state index in [1.807, 2.05) is 0 Å². The van der Waals surface area contributed by atoms with E-state index >= 15 is 0 Å². The Hall–Kier alpha value is -1.50. The van der Waals surface area contributed by atoms with Crippen molar-refractivity contribution >= 4 is 23.4 Å². The van der Waals surface area contributed by atoms with Crippen molar-refractivity contribution in [1.82, 2.24) is 0 Å². The molecule has 0 unspecified atom stereocenters. The molecular formula is C10H9F2NO3S. The fourth-order valence-electron chi connectivity index (χ4n) is 1.35. The number of amides is 1. The summed E-state index contributed by atoms with van der Waals surface area (Å²) in [6.07, 6.45) is -1.84. The number of hydrogen-bond acceptors (Lipinski definition) is 4. The molecule has 1 aromatic carbocycles. The zero-order valence-electron chi connectivity index (χ0n) is 8.83. The fourth-order valence-corrected chi connectivity index (χ4v) is 1.69. The first kappa shape index (κ1) is 12.0. The molecule has 2 rings (SSSR count). The molecule has 17 heavy (non-hydrogen) atoms. The van der Waals surface area contributed by atoms with Gasteiger partial charge in [-0.25, -0.2) is 0 Å². The Morgan fingerprint density at radius 2 is 2.12 bits per heavy atom. The number of anilines is 1. The van der Waals surface area contributed by atoms with Crippen LogP contribution >= 0.6 is 11.8 Å². The van der Waals surface area contributed by atoms with Crippen molar-refractivity contribution in [3.63, 3.8) is 0 Å². The monoisotopic (exact) mass is 261 g/mol. The fraction of sp³-hybridized carbons (Fsp3) is 0.300. The van der Waals surface area contributed by atoms with Crippen molar-refractivity contribution in [2.75, 3.05) is 17.3 Å². The largest absolute Gasteiger partial charge is 0.586 e. The Morgan fingerprint density at radius 3 is 2.82 bits per heavy atom. The summed E-state index contributed by atoms with van der Waals surface area (Å²) >= 11 is 1.37. The van der Waals surface area contributed by atoms with E-state index in [1.165, 1.54) is 30.0 Å². The summed E-state index contributed by atoms with van der Waals surface area (Å²) in [5, 5.41) is 2.56. The Morgan fingerprint density at radius 1 is 1.41 bits per heavy atom. The standard InChI is InChI=1S/C10H9F2NO3S/c1-17-5-9(14)13-6-2-3-7-8(4-6)16-10(11,12)15-7/h2-4H,5H2,1H3,(H,13,14). The molecule has 0 aromatic heterocycles. The predicted octanol–water partition coefficient (Wildman–Crippen LogP) is 2.31. The maximum absolute atomic E-state index is 12.7. The van der Waals surface area contributed by atoms with Crippen molar-refractivity contribution in [3.05, 3.63) is 18.2 Å². The van der Waals surface area contributed by atoms with Crippen LogP contribution in [0.4, 0.5) is 14.5 Å². The summed E-state index contributed by atoms with van der Waals surface area (Å²) in [6.45, 7) is 0. The smallest absolute Gasteiger partial charge is 0.395 e. The number of benzene rings is 1. The minimum atomic E-state index is -3.63. The maximum atomic E-state index is 12.7. The normalized spacial score (nSPS) is 15.7. The van der Waals surface area contributed by atoms with Crippen LogP contribution in [0.2, 0.25) is 0 Å². The highest BCUT2D eigenvalue weighted by Gasteiger charge is 2.43. The number of fused-ring (bicyclic) bond motifs is 1. The van der Waals surface area contributed by atoms with E-state index in [0.29, 0.717) is 11.4 Å². The first-order chi connectivity index (χ1) is 8.00. The molecule has 1 aliphatic heterocycles. The van der Waals surface area contributed by atoms with Gasteiger partial charge in [0.05, 0.1) is 5.75 Å². The van der Waals surface area contributed by atoms with E-state index < -0.39 is 6.29 Å². The molecule has 0 saturated heterocycles. The second-order valence-corrected chi connectivity index (χ2v) is 4.18. The highest BCUT2D eigenvalue weighted by Crippen LogP contribution is 2.42. The van der Waals surface area contributed by atoms with Crippen molar-refractivity contribution < 1.29 is 23.0 Å². The molecule has 0 spiro atoms. The average molecular weight is 261 g/mol. The Bertz CT molecular complexity index is 453. The van der Waals surface area contributed by atoms with Crippen LogP contribution in [0, 0.1) is 0 Å². The lowest BCUT2D eigenvalue weighted by Gasteiger charge is -2.05. The number of hydrogen-bond donors (Lipinski definition) is 1. The van der Waals surface area contributed by atoms with Gasteiger partial charge in [-0.15, -0.1) is 8.78 Å². The third kappa shape index (κ3) is 2.79. The predicted molar refractivity (Wildman–Crippen MR) is 59.7 cm³/mol. The van der Waals surface area contributed by atoms with Gasteiger partial charge < -0.3 is 14.8 Å². The number of halogens is 2. The lowest BCUT2D eigenvalue weighted by Crippen LogP contribution is -2.25. The van der Waals surface area contributed by atoms with Crippen molar-refractivity contribution in [2.45, 2.75) is 6.29 Å². The number of carbonyl (C=O) groups is 1. The molecule has 4 nitrogen and oxygen atoms in total. The summed E-state index contributed by atoms with van der Waals surface area (Å²) in [6, 6.07) is 4.10. The zero-order chi connectivity index (χ0) is 12.5. The molecule has 7 heteroatoms. The molecule has 1 heterocycles. The molecule has 0 radical (unpaired) electrons. The summed E-state index contributed by atoms with van der Waals surface area (Å²) in [4.78, 5) is 11.3. The highest BCUT2D eigenvalue weighted by atomic mass is 32.2. The molecule has 1 N–H and O–H groups in total. The number of ether oxygens (including phenoxy) is 2. The lowest BCUT2D eigenvalue weighted by atomic mass is 10.3. The van der Waals surface area contributed by atoms with Gasteiger partial charge in [0.1, 0.15) is 0 Å². The minimum Gasteiger partial charge on any atom is -0.395 e. The van der Waals surface area contributed by atoms with Gasteiger partial charge in [0.2, 0.25) is 5.91 Å². The lowest BCUT2D eigenvalue weighted by molar-refractivity contribution is -0.286. The van der Waals surface area contributed by atoms with Crippen LogP contribution in [-0.4, -0.2) is 24.2 Å². The Kier molecular flexibility index (Phi) is 3.10. The van der Waals surface area contributed by atoms with Crippen molar-refractivity contribution in [3.8, 4) is 11.5 Å². The number of nitrogens with one attached hydrogen (secondary N) is 1. The van der Waals surface area contributed by atoms with Gasteiger partial charge in [-0.3, -0.25) is 4.79 Å². The molecule has 92 valence electrons. The van der Waals surface area contributed by atoms with Crippen LogP contribution in [0.3, 0.4) is 0 Å². The van der Waals surface area contributed by atoms with Gasteiger partial charge >= 0.3 is 6.29 Å². The van der Waals surface area contributed by atoms with Gasteiger partial charge in [-0.05, 0) is 18.4 Å². The first-order valence-corrected chi connectivity index (χ1v) is 6.08. The first-order valence-electron chi connectivity index (χ1n) is 4.69. The van der Waals surface area contributed by atoms with Crippen molar-refractivity contribution in [2.24, 2.45) is 0 Å². The summed E-state index contributed by atoms with van der Waals surface area (Å²) < 4.78 is 33.9. The van der Waals surface area contributed by atoms with E-state index in [0.717, 1.165) is 0 Å². The van der Waals surface area contributed by atoms with Crippen LogP contribution < -0.4 is 14.8 Å². The van der Waals surface area contributed by atoms with Crippen LogP contribution in [0.1, 0.15) is 0 Å². The van der Waals surface area contributed by atoms with Gasteiger partial charge in [0, 0.05) is 11.8 Å². The third-order valence-electron chi connectivity index (χ3n) is 1.96. The summed E-state index contributed by atoms with van der Waals surface area (Å²) in [7, 11) is 0. The van der Waals surface area contributed by atoms with E-state index in [9.17, 15) is 13.6 Å². The average Bonchev–Trinajstić information content (AvgIpc) is 2.51. The molecule has 0 fully saturated rings. The topological polar surface area (TPSA) is 47.6 Å². The Balaban J connectivity index is 2.11. The van der Waals surface area contributed by atoms with E-state index in [-0.39, 0.29) is 17.4 Å². The Labute approximate surface area is 100 Å². The highest BCUT2D eigenvalue weighted by molar-refractivity contribution is 7.99. The van der Waals surface area contributed by atoms with E-state index in [1.54, 1.807) is 6.26 Å². The van der Waals surface area contributed by atoms with Gasteiger partial charge in [-0.1, -0.05) is 0 Å². The number of carbonyl (C=O) groups excluding carboxylic acids is 1. The van der Waals surface area contributed by atoms with Crippen LogP contribution in [0.15, 0.2) is 18.2 Å². The number of rotatable bonds is 3. The molecule has 1 amide bonds. The molecule has 0 atom stereocenters. The SMILES string of the molecule is CSCC(=O)Nc1ccc2c(c1)OC(F)(F)O2. The van der Waals surface area contributed by atoms with Gasteiger partial charge in [0.25, 0.3) is 0 Å². The molecular weight excluding hydrogens is 252 g/mol. The van der Waals surface area contributed by atoms with Crippen LogP contribution in [0.25, 0.3) is 0 Å². The molecule has 0 bridgehead atoms. The molecule has 0 aliphatic carbocycles. The quantitative estimate of drug-likeness (QED) is 0.907. The van der Waals surface area contributed by atoms with Crippen molar-refractivity contribution in [1.29, 1.82) is 0 Å². The second kappa shape index (κ2) is 4.40. The maximum Gasteiger partial charge on any atom is 0.586 e.